The van der Waals surface area contributed by atoms with Crippen LogP contribution in [-0.2, 0) is 0 Å². The van der Waals surface area contributed by atoms with Gasteiger partial charge in [-0.15, -0.1) is 0 Å². The molecule has 1 fully saturated rings. The number of non-ortho nitro benzene ring substituents is 1. The molecule has 0 aliphatic carbocycles. The molecule has 1 aliphatic rings. The van der Waals surface area contributed by atoms with Gasteiger partial charge in [-0.05, 0) is 25.6 Å². The van der Waals surface area contributed by atoms with Crippen LogP contribution in [0.1, 0.15) is 5.56 Å². The van der Waals surface area contributed by atoms with Gasteiger partial charge in [0.15, 0.2) is 0 Å². The van der Waals surface area contributed by atoms with Crippen molar-refractivity contribution in [1.82, 2.24) is 9.80 Å². The lowest BCUT2D eigenvalue weighted by Gasteiger charge is -2.32. The molecule has 0 spiro atoms. The van der Waals surface area contributed by atoms with E-state index >= 15 is 0 Å². The van der Waals surface area contributed by atoms with Gasteiger partial charge < -0.3 is 9.64 Å². The van der Waals surface area contributed by atoms with Gasteiger partial charge >= 0.3 is 0 Å². The summed E-state index contributed by atoms with van der Waals surface area (Å²) in [5.74, 6) is 0.727. The third-order valence-electron chi connectivity index (χ3n) is 3.63. The molecule has 20 heavy (non-hydrogen) atoms. The minimum Gasteiger partial charge on any atom is -0.492 e. The molecule has 0 aromatic heterocycles. The largest absolute Gasteiger partial charge is 0.492 e. The van der Waals surface area contributed by atoms with E-state index in [1.807, 2.05) is 6.92 Å². The molecule has 0 saturated carbocycles. The fourth-order valence-electron chi connectivity index (χ4n) is 2.27. The minimum absolute atomic E-state index is 0.105. The molecular weight excluding hydrogens is 258 g/mol. The van der Waals surface area contributed by atoms with E-state index in [1.54, 1.807) is 12.1 Å². The summed E-state index contributed by atoms with van der Waals surface area (Å²) >= 11 is 0. The first kappa shape index (κ1) is 14.7. The van der Waals surface area contributed by atoms with E-state index in [4.69, 9.17) is 4.74 Å². The summed E-state index contributed by atoms with van der Waals surface area (Å²) in [5.41, 5.74) is 0.909. The Balaban J connectivity index is 1.81. The highest BCUT2D eigenvalue weighted by molar-refractivity contribution is 5.42. The third-order valence-corrected chi connectivity index (χ3v) is 3.63. The predicted octanol–water partition coefficient (Wildman–Crippen LogP) is 1.53. The van der Waals surface area contributed by atoms with Crippen LogP contribution in [0.4, 0.5) is 5.69 Å². The van der Waals surface area contributed by atoms with Crippen molar-refractivity contribution in [2.45, 2.75) is 6.92 Å². The van der Waals surface area contributed by atoms with Gasteiger partial charge in [0.1, 0.15) is 12.4 Å². The van der Waals surface area contributed by atoms with E-state index in [1.165, 1.54) is 6.07 Å². The molecular formula is C14H21N3O3. The fraction of sp³-hybridized carbons (Fsp3) is 0.571. The molecule has 1 aromatic rings. The maximum atomic E-state index is 10.7. The van der Waals surface area contributed by atoms with Crippen molar-refractivity contribution in [1.29, 1.82) is 0 Å². The first-order valence-corrected chi connectivity index (χ1v) is 6.85. The maximum Gasteiger partial charge on any atom is 0.269 e. The lowest BCUT2D eigenvalue weighted by atomic mass is 10.2. The average Bonchev–Trinajstić information content (AvgIpc) is 2.42. The van der Waals surface area contributed by atoms with Gasteiger partial charge in [-0.25, -0.2) is 0 Å². The number of piperazine rings is 1. The molecule has 1 saturated heterocycles. The Hall–Kier alpha value is -1.66. The fourth-order valence-corrected chi connectivity index (χ4v) is 2.27. The molecule has 6 nitrogen and oxygen atoms in total. The van der Waals surface area contributed by atoms with Crippen LogP contribution < -0.4 is 4.74 Å². The molecule has 0 radical (unpaired) electrons. The number of hydrogen-bond donors (Lipinski definition) is 0. The van der Waals surface area contributed by atoms with Gasteiger partial charge in [0.2, 0.25) is 0 Å². The van der Waals surface area contributed by atoms with Crippen LogP contribution in [0.3, 0.4) is 0 Å². The minimum atomic E-state index is -0.388. The number of nitro groups is 1. The monoisotopic (exact) mass is 279 g/mol. The number of aryl methyl sites for hydroxylation is 1. The van der Waals surface area contributed by atoms with Gasteiger partial charge in [0.25, 0.3) is 5.69 Å². The van der Waals surface area contributed by atoms with E-state index in [-0.39, 0.29) is 10.6 Å². The summed E-state index contributed by atoms with van der Waals surface area (Å²) in [6.45, 7) is 7.66. The van der Waals surface area contributed by atoms with Crippen LogP contribution in [0.5, 0.6) is 5.75 Å². The number of likely N-dealkylation sites (N-methyl/N-ethyl adjacent to an activating group) is 1. The summed E-state index contributed by atoms with van der Waals surface area (Å²) in [7, 11) is 2.13. The topological polar surface area (TPSA) is 58.9 Å². The molecule has 0 amide bonds. The number of ether oxygens (including phenoxy) is 1. The van der Waals surface area contributed by atoms with Crippen molar-refractivity contribution in [3.63, 3.8) is 0 Å². The first-order valence-electron chi connectivity index (χ1n) is 6.85. The number of rotatable bonds is 5. The van der Waals surface area contributed by atoms with Crippen molar-refractivity contribution >= 4 is 5.69 Å². The zero-order valence-electron chi connectivity index (χ0n) is 12.0. The molecule has 1 heterocycles. The number of nitrogens with zero attached hydrogens (tertiary/aromatic N) is 3. The van der Waals surface area contributed by atoms with Gasteiger partial charge in [-0.3, -0.25) is 15.0 Å². The Labute approximate surface area is 119 Å². The van der Waals surface area contributed by atoms with E-state index in [0.717, 1.165) is 44.0 Å². The van der Waals surface area contributed by atoms with E-state index in [2.05, 4.69) is 16.8 Å². The van der Waals surface area contributed by atoms with Gasteiger partial charge in [0, 0.05) is 44.9 Å². The van der Waals surface area contributed by atoms with E-state index < -0.39 is 0 Å². The average molecular weight is 279 g/mol. The standard InChI is InChI=1S/C14H21N3O3/c1-12-11-13(17(18)19)3-4-14(12)20-10-9-16-7-5-15(2)6-8-16/h3-4,11H,5-10H2,1-2H3. The molecule has 110 valence electrons. The van der Waals surface area contributed by atoms with Crippen molar-refractivity contribution in [3.05, 3.63) is 33.9 Å². The van der Waals surface area contributed by atoms with Gasteiger partial charge in [-0.2, -0.15) is 0 Å². The number of nitro benzene ring substituents is 1. The molecule has 2 rings (SSSR count). The van der Waals surface area contributed by atoms with Gasteiger partial charge in [0.05, 0.1) is 4.92 Å². The zero-order chi connectivity index (χ0) is 14.5. The second kappa shape index (κ2) is 6.67. The quantitative estimate of drug-likeness (QED) is 0.604. The van der Waals surface area contributed by atoms with Crippen molar-refractivity contribution in [2.24, 2.45) is 0 Å². The third kappa shape index (κ3) is 3.91. The van der Waals surface area contributed by atoms with Crippen molar-refractivity contribution in [3.8, 4) is 5.75 Å². The SMILES string of the molecule is Cc1cc([N+](=O)[O-])ccc1OCCN1CCN(C)CC1. The zero-order valence-corrected chi connectivity index (χ0v) is 12.0. The molecule has 0 unspecified atom stereocenters. The number of hydrogen-bond acceptors (Lipinski definition) is 5. The summed E-state index contributed by atoms with van der Waals surface area (Å²) in [5, 5.41) is 10.7. The van der Waals surface area contributed by atoms with Crippen LogP contribution >= 0.6 is 0 Å². The maximum absolute atomic E-state index is 10.7. The molecule has 6 heteroatoms. The van der Waals surface area contributed by atoms with Crippen molar-refractivity contribution in [2.75, 3.05) is 46.4 Å². The van der Waals surface area contributed by atoms with Crippen LogP contribution in [-0.4, -0.2) is 61.1 Å². The molecule has 0 bridgehead atoms. The normalized spacial score (nSPS) is 17.1. The Morgan fingerprint density at radius 1 is 1.30 bits per heavy atom. The Kier molecular flexibility index (Phi) is 4.92. The molecule has 0 N–H and O–H groups in total. The van der Waals surface area contributed by atoms with Crippen LogP contribution in [0.2, 0.25) is 0 Å². The predicted molar refractivity (Wildman–Crippen MR) is 77.3 cm³/mol. The van der Waals surface area contributed by atoms with Crippen LogP contribution in [0, 0.1) is 17.0 Å². The first-order chi connectivity index (χ1) is 9.56. The smallest absolute Gasteiger partial charge is 0.269 e. The lowest BCUT2D eigenvalue weighted by Crippen LogP contribution is -2.45. The Morgan fingerprint density at radius 3 is 2.60 bits per heavy atom. The summed E-state index contributed by atoms with van der Waals surface area (Å²) in [4.78, 5) is 15.0. The summed E-state index contributed by atoms with van der Waals surface area (Å²) in [6, 6.07) is 4.71. The van der Waals surface area contributed by atoms with E-state index in [9.17, 15) is 10.1 Å². The summed E-state index contributed by atoms with van der Waals surface area (Å²) in [6.07, 6.45) is 0. The van der Waals surface area contributed by atoms with Crippen LogP contribution in [0.15, 0.2) is 18.2 Å². The van der Waals surface area contributed by atoms with Gasteiger partial charge in [-0.1, -0.05) is 0 Å². The number of benzene rings is 1. The second-order valence-corrected chi connectivity index (χ2v) is 5.20. The summed E-state index contributed by atoms with van der Waals surface area (Å²) < 4.78 is 5.72. The van der Waals surface area contributed by atoms with Crippen molar-refractivity contribution < 1.29 is 9.66 Å². The molecule has 0 atom stereocenters. The van der Waals surface area contributed by atoms with E-state index in [0.29, 0.717) is 6.61 Å². The molecule has 1 aromatic carbocycles. The Morgan fingerprint density at radius 2 is 2.00 bits per heavy atom. The highest BCUT2D eigenvalue weighted by Gasteiger charge is 2.14. The highest BCUT2D eigenvalue weighted by atomic mass is 16.6. The van der Waals surface area contributed by atoms with Crippen LogP contribution in [0.25, 0.3) is 0 Å². The second-order valence-electron chi connectivity index (χ2n) is 5.20. The molecule has 1 aliphatic heterocycles. The lowest BCUT2D eigenvalue weighted by molar-refractivity contribution is -0.384. The Bertz CT molecular complexity index is 471. The highest BCUT2D eigenvalue weighted by Crippen LogP contribution is 2.23.